The van der Waals surface area contributed by atoms with Crippen LogP contribution in [0.15, 0.2) is 12.3 Å². The summed E-state index contributed by atoms with van der Waals surface area (Å²) in [4.78, 5) is 26.4. The molecule has 0 atom stereocenters. The number of carbonyl (C=O) groups excluding carboxylic acids is 1. The molecule has 1 amide bonds. The molecular formula is C22H26F2N6O. The van der Waals surface area contributed by atoms with Gasteiger partial charge in [-0.3, -0.25) is 9.89 Å². The third kappa shape index (κ3) is 3.30. The minimum absolute atomic E-state index is 0.249. The van der Waals surface area contributed by atoms with E-state index in [1.54, 1.807) is 26.2 Å². The van der Waals surface area contributed by atoms with Gasteiger partial charge in [-0.25, -0.2) is 18.7 Å². The Bertz CT molecular complexity index is 1190. The van der Waals surface area contributed by atoms with Crippen LogP contribution in [0.1, 0.15) is 51.3 Å². The first-order valence-electron chi connectivity index (χ1n) is 10.5. The number of hydrogen-bond acceptors (Lipinski definition) is 4. The third-order valence-corrected chi connectivity index (χ3v) is 6.71. The maximum Gasteiger partial charge on any atom is 0.250 e. The highest BCUT2D eigenvalue weighted by molar-refractivity contribution is 5.98. The summed E-state index contributed by atoms with van der Waals surface area (Å²) in [5.41, 5.74) is 4.07. The van der Waals surface area contributed by atoms with Crippen LogP contribution in [0, 0.1) is 10.8 Å². The highest BCUT2D eigenvalue weighted by atomic mass is 19.3. The molecule has 3 aromatic heterocycles. The highest BCUT2D eigenvalue weighted by Crippen LogP contribution is 2.52. The first kappa shape index (κ1) is 20.1. The monoisotopic (exact) mass is 428 g/mol. The minimum Gasteiger partial charge on any atom is -0.335 e. The second-order valence-electron chi connectivity index (χ2n) is 10.2. The van der Waals surface area contributed by atoms with Crippen LogP contribution >= 0.6 is 0 Å². The fourth-order valence-electron chi connectivity index (χ4n) is 4.99. The number of imidazole rings is 1. The van der Waals surface area contributed by atoms with E-state index in [4.69, 9.17) is 0 Å². The van der Waals surface area contributed by atoms with E-state index in [9.17, 15) is 13.6 Å². The zero-order valence-corrected chi connectivity index (χ0v) is 18.1. The Balaban J connectivity index is 1.43. The van der Waals surface area contributed by atoms with Gasteiger partial charge in [-0.15, -0.1) is 0 Å². The van der Waals surface area contributed by atoms with Crippen molar-refractivity contribution in [3.8, 4) is 11.5 Å². The maximum absolute atomic E-state index is 13.4. The van der Waals surface area contributed by atoms with Gasteiger partial charge in [0.2, 0.25) is 11.8 Å². The van der Waals surface area contributed by atoms with Gasteiger partial charge in [-0.1, -0.05) is 20.8 Å². The molecule has 31 heavy (non-hydrogen) atoms. The second kappa shape index (κ2) is 6.34. The molecule has 2 aliphatic carbocycles. The predicted octanol–water partition coefficient (Wildman–Crippen LogP) is 4.26. The van der Waals surface area contributed by atoms with Crippen molar-refractivity contribution in [2.45, 2.75) is 58.8 Å². The lowest BCUT2D eigenvalue weighted by Gasteiger charge is -2.45. The van der Waals surface area contributed by atoms with Gasteiger partial charge < -0.3 is 9.88 Å². The average Bonchev–Trinajstić information content (AvgIpc) is 3.26. The standard InChI is InChI=1S/C22H26F2N6O/c1-20(2)6-5-13-15(8-20)28-29-16(13)18-26-14-7-12(9-25-17(14)27-18)30(4)19(31)21(3)10-22(23,24)11-21/h7,9H,5-6,8,10-11H2,1-4H3,(H,28,29)(H,25,26,27). The van der Waals surface area contributed by atoms with Gasteiger partial charge in [0.15, 0.2) is 11.5 Å². The third-order valence-electron chi connectivity index (χ3n) is 6.71. The normalized spacial score (nSPS) is 20.8. The predicted molar refractivity (Wildman–Crippen MR) is 113 cm³/mol. The number of halogens is 2. The summed E-state index contributed by atoms with van der Waals surface area (Å²) in [7, 11) is 1.59. The van der Waals surface area contributed by atoms with Crippen LogP contribution in [-0.4, -0.2) is 44.0 Å². The number of hydrogen-bond donors (Lipinski definition) is 2. The van der Waals surface area contributed by atoms with Crippen molar-refractivity contribution in [3.05, 3.63) is 23.5 Å². The molecular weight excluding hydrogens is 402 g/mol. The van der Waals surface area contributed by atoms with Crippen LogP contribution in [0.3, 0.4) is 0 Å². The van der Waals surface area contributed by atoms with Crippen molar-refractivity contribution >= 4 is 22.8 Å². The summed E-state index contributed by atoms with van der Waals surface area (Å²) in [5.74, 6) is -2.45. The first-order valence-corrected chi connectivity index (χ1v) is 10.5. The number of aromatic amines is 2. The molecule has 3 aromatic rings. The van der Waals surface area contributed by atoms with Crippen molar-refractivity contribution in [1.82, 2.24) is 25.1 Å². The molecule has 164 valence electrons. The molecule has 0 bridgehead atoms. The Morgan fingerprint density at radius 1 is 1.23 bits per heavy atom. The number of carbonyl (C=O) groups is 1. The van der Waals surface area contributed by atoms with E-state index in [0.29, 0.717) is 22.7 Å². The first-order chi connectivity index (χ1) is 14.5. The van der Waals surface area contributed by atoms with Crippen LogP contribution in [-0.2, 0) is 17.6 Å². The number of nitrogens with zero attached hydrogens (tertiary/aromatic N) is 4. The summed E-state index contributed by atoms with van der Waals surface area (Å²) in [6.07, 6.45) is 3.67. The second-order valence-corrected chi connectivity index (χ2v) is 10.2. The average molecular weight is 428 g/mol. The summed E-state index contributed by atoms with van der Waals surface area (Å²) >= 11 is 0. The molecule has 0 saturated heterocycles. The molecule has 1 saturated carbocycles. The molecule has 2 N–H and O–H groups in total. The van der Waals surface area contributed by atoms with Crippen LogP contribution in [0.4, 0.5) is 14.5 Å². The molecule has 1 fully saturated rings. The Morgan fingerprint density at radius 3 is 2.68 bits per heavy atom. The van der Waals surface area contributed by atoms with Gasteiger partial charge in [0.25, 0.3) is 0 Å². The van der Waals surface area contributed by atoms with Crippen molar-refractivity contribution in [3.63, 3.8) is 0 Å². The smallest absolute Gasteiger partial charge is 0.250 e. The molecule has 7 nitrogen and oxygen atoms in total. The van der Waals surface area contributed by atoms with Gasteiger partial charge in [0.05, 0.1) is 22.8 Å². The number of nitrogens with one attached hydrogen (secondary N) is 2. The van der Waals surface area contributed by atoms with Crippen LogP contribution in [0.2, 0.25) is 0 Å². The lowest BCUT2D eigenvalue weighted by Crippen LogP contribution is -2.53. The number of alkyl halides is 2. The number of amides is 1. The maximum atomic E-state index is 13.4. The number of aromatic nitrogens is 5. The SMILES string of the molecule is CN(C(=O)C1(C)CC(F)(F)C1)c1cnc2nc(-c3n[nH]c4c3CCC(C)(C)C4)[nH]c2c1. The van der Waals surface area contributed by atoms with Gasteiger partial charge in [0.1, 0.15) is 5.69 Å². The Labute approximate surface area is 178 Å². The summed E-state index contributed by atoms with van der Waals surface area (Å²) in [5, 5.41) is 7.66. The number of pyridine rings is 1. The van der Waals surface area contributed by atoms with Crippen molar-refractivity contribution in [2.24, 2.45) is 10.8 Å². The van der Waals surface area contributed by atoms with Crippen molar-refractivity contribution in [1.29, 1.82) is 0 Å². The molecule has 5 rings (SSSR count). The number of H-pyrrole nitrogens is 2. The fraction of sp³-hybridized carbons (Fsp3) is 0.545. The fourth-order valence-corrected chi connectivity index (χ4v) is 4.99. The molecule has 0 aromatic carbocycles. The summed E-state index contributed by atoms with van der Waals surface area (Å²) < 4.78 is 26.7. The molecule has 0 unspecified atom stereocenters. The van der Waals surface area contributed by atoms with E-state index < -0.39 is 24.2 Å². The minimum atomic E-state index is -2.76. The summed E-state index contributed by atoms with van der Waals surface area (Å²) in [6.45, 7) is 6.10. The van der Waals surface area contributed by atoms with Gasteiger partial charge in [-0.05, 0) is 30.7 Å². The molecule has 0 aliphatic heterocycles. The van der Waals surface area contributed by atoms with Crippen molar-refractivity contribution in [2.75, 3.05) is 11.9 Å². The zero-order valence-electron chi connectivity index (χ0n) is 18.1. The van der Waals surface area contributed by atoms with Crippen LogP contribution in [0.5, 0.6) is 0 Å². The number of anilines is 1. The zero-order chi connectivity index (χ0) is 22.2. The highest BCUT2D eigenvalue weighted by Gasteiger charge is 2.58. The molecule has 9 heteroatoms. The quantitative estimate of drug-likeness (QED) is 0.652. The topological polar surface area (TPSA) is 90.6 Å². The Morgan fingerprint density at radius 2 is 1.97 bits per heavy atom. The lowest BCUT2D eigenvalue weighted by molar-refractivity contribution is -0.171. The van der Waals surface area contributed by atoms with E-state index in [1.807, 2.05) is 0 Å². The number of fused-ring (bicyclic) bond motifs is 2. The lowest BCUT2D eigenvalue weighted by atomic mass is 9.66. The molecule has 0 radical (unpaired) electrons. The van der Waals surface area contributed by atoms with Gasteiger partial charge in [-0.2, -0.15) is 5.10 Å². The molecule has 2 aliphatic rings. The van der Waals surface area contributed by atoms with Crippen molar-refractivity contribution < 1.29 is 13.6 Å². The largest absolute Gasteiger partial charge is 0.335 e. The van der Waals surface area contributed by atoms with E-state index in [2.05, 4.69) is 39.0 Å². The van der Waals surface area contributed by atoms with Crippen LogP contribution in [0.25, 0.3) is 22.7 Å². The Kier molecular flexibility index (Phi) is 4.11. The van der Waals surface area contributed by atoms with E-state index in [1.165, 1.54) is 10.5 Å². The molecule has 3 heterocycles. The van der Waals surface area contributed by atoms with Gasteiger partial charge in [0, 0.05) is 31.1 Å². The van der Waals surface area contributed by atoms with Crippen LogP contribution < -0.4 is 4.90 Å². The Hall–Kier alpha value is -2.84. The van der Waals surface area contributed by atoms with E-state index in [0.717, 1.165) is 30.7 Å². The van der Waals surface area contributed by atoms with E-state index in [-0.39, 0.29) is 11.3 Å². The number of rotatable bonds is 3. The summed E-state index contributed by atoms with van der Waals surface area (Å²) in [6, 6.07) is 1.78. The van der Waals surface area contributed by atoms with E-state index >= 15 is 0 Å². The molecule has 0 spiro atoms. The van der Waals surface area contributed by atoms with Gasteiger partial charge >= 0.3 is 0 Å².